The molecule has 144 valence electrons. The predicted molar refractivity (Wildman–Crippen MR) is 112 cm³/mol. The van der Waals surface area contributed by atoms with Crippen LogP contribution >= 0.6 is 0 Å². The first kappa shape index (κ1) is 19.6. The fourth-order valence-electron chi connectivity index (χ4n) is 3.42. The van der Waals surface area contributed by atoms with E-state index in [2.05, 4.69) is 27.8 Å². The first-order chi connectivity index (χ1) is 13.3. The molecule has 4 rings (SSSR count). The Bertz CT molecular complexity index is 900. The monoisotopic (exact) mass is 375 g/mol. The molecule has 0 spiro atoms. The van der Waals surface area contributed by atoms with Crippen molar-refractivity contribution in [1.29, 1.82) is 0 Å². The first-order valence-corrected chi connectivity index (χ1v) is 9.04. The summed E-state index contributed by atoms with van der Waals surface area (Å²) in [7, 11) is 0. The minimum Gasteiger partial charge on any atom is -0.456 e. The van der Waals surface area contributed by atoms with Gasteiger partial charge in [-0.2, -0.15) is 0 Å². The molecular formula is C23H25N3O2. The summed E-state index contributed by atoms with van der Waals surface area (Å²) in [5, 5.41) is 6.37. The average Bonchev–Trinajstić information content (AvgIpc) is 3.20. The molecule has 2 heterocycles. The van der Waals surface area contributed by atoms with Crippen LogP contribution in [0.4, 0.5) is 5.69 Å². The van der Waals surface area contributed by atoms with Crippen molar-refractivity contribution in [2.24, 2.45) is 5.92 Å². The number of rotatable bonds is 5. The summed E-state index contributed by atoms with van der Waals surface area (Å²) in [5.74, 6) is 1.42. The Labute approximate surface area is 165 Å². The second-order valence-corrected chi connectivity index (χ2v) is 6.59. The normalized spacial score (nSPS) is 18.1. The lowest BCUT2D eigenvalue weighted by Gasteiger charge is -2.19. The Morgan fingerprint density at radius 3 is 2.61 bits per heavy atom. The number of anilines is 1. The molecule has 2 aromatic carbocycles. The van der Waals surface area contributed by atoms with Crippen molar-refractivity contribution in [3.8, 4) is 11.5 Å². The maximum Gasteiger partial charge on any atom is 0.229 e. The minimum absolute atomic E-state index is 0. The lowest BCUT2D eigenvalue weighted by molar-refractivity contribution is -0.119. The molecule has 1 aromatic heterocycles. The number of nitrogens with zero attached hydrogens (tertiary/aromatic N) is 1. The zero-order valence-corrected chi connectivity index (χ0v) is 14.8. The van der Waals surface area contributed by atoms with Gasteiger partial charge in [-0.05, 0) is 29.8 Å². The van der Waals surface area contributed by atoms with Gasteiger partial charge in [0.25, 0.3) is 0 Å². The van der Waals surface area contributed by atoms with Gasteiger partial charge in [-0.3, -0.25) is 9.78 Å². The molecular weight excluding hydrogens is 350 g/mol. The summed E-state index contributed by atoms with van der Waals surface area (Å²) in [6.07, 6.45) is 3.35. The molecule has 1 aliphatic rings. The number of carbonyl (C=O) groups is 1. The molecule has 0 bridgehead atoms. The van der Waals surface area contributed by atoms with E-state index in [0.717, 1.165) is 12.2 Å². The van der Waals surface area contributed by atoms with E-state index in [-0.39, 0.29) is 25.2 Å². The SMILES string of the molecule is C.O=C(Nc1cccc(Oc2cccnc2)c1)C1CNCC1c1ccccc1. The van der Waals surface area contributed by atoms with Gasteiger partial charge in [0, 0.05) is 37.0 Å². The van der Waals surface area contributed by atoms with Crippen molar-refractivity contribution in [3.63, 3.8) is 0 Å². The van der Waals surface area contributed by atoms with Crippen LogP contribution in [-0.4, -0.2) is 24.0 Å². The number of benzene rings is 2. The predicted octanol–water partition coefficient (Wildman–Crippen LogP) is 4.45. The zero-order chi connectivity index (χ0) is 18.5. The van der Waals surface area contributed by atoms with Crippen LogP contribution in [0.25, 0.3) is 0 Å². The average molecular weight is 375 g/mol. The van der Waals surface area contributed by atoms with Gasteiger partial charge in [-0.15, -0.1) is 0 Å². The first-order valence-electron chi connectivity index (χ1n) is 9.04. The van der Waals surface area contributed by atoms with Crippen LogP contribution in [0.2, 0.25) is 0 Å². The van der Waals surface area contributed by atoms with E-state index in [1.165, 1.54) is 5.56 Å². The van der Waals surface area contributed by atoms with Crippen LogP contribution in [-0.2, 0) is 4.79 Å². The molecule has 28 heavy (non-hydrogen) atoms. The number of pyridine rings is 1. The van der Waals surface area contributed by atoms with E-state index in [4.69, 9.17) is 4.74 Å². The largest absolute Gasteiger partial charge is 0.456 e. The van der Waals surface area contributed by atoms with E-state index in [9.17, 15) is 4.79 Å². The molecule has 5 nitrogen and oxygen atoms in total. The number of nitrogens with one attached hydrogen (secondary N) is 2. The molecule has 2 atom stereocenters. The van der Waals surface area contributed by atoms with Gasteiger partial charge < -0.3 is 15.4 Å². The number of amides is 1. The van der Waals surface area contributed by atoms with E-state index >= 15 is 0 Å². The Morgan fingerprint density at radius 1 is 1.00 bits per heavy atom. The summed E-state index contributed by atoms with van der Waals surface area (Å²) in [4.78, 5) is 16.9. The maximum atomic E-state index is 12.9. The lowest BCUT2D eigenvalue weighted by Crippen LogP contribution is -2.28. The van der Waals surface area contributed by atoms with Crippen LogP contribution in [0.1, 0.15) is 18.9 Å². The van der Waals surface area contributed by atoms with Crippen LogP contribution < -0.4 is 15.4 Å². The van der Waals surface area contributed by atoms with Gasteiger partial charge in [-0.1, -0.05) is 43.8 Å². The van der Waals surface area contributed by atoms with Crippen LogP contribution in [0, 0.1) is 5.92 Å². The second-order valence-electron chi connectivity index (χ2n) is 6.59. The highest BCUT2D eigenvalue weighted by molar-refractivity contribution is 5.93. The molecule has 3 aromatic rings. The van der Waals surface area contributed by atoms with Gasteiger partial charge in [-0.25, -0.2) is 0 Å². The van der Waals surface area contributed by atoms with Crippen molar-refractivity contribution in [2.75, 3.05) is 18.4 Å². The van der Waals surface area contributed by atoms with Gasteiger partial charge in [0.15, 0.2) is 0 Å². The second kappa shape index (κ2) is 9.15. The molecule has 1 amide bonds. The summed E-state index contributed by atoms with van der Waals surface area (Å²) >= 11 is 0. The number of carbonyl (C=O) groups excluding carboxylic acids is 1. The van der Waals surface area contributed by atoms with Crippen LogP contribution in [0.3, 0.4) is 0 Å². The number of hydrogen-bond donors (Lipinski definition) is 2. The van der Waals surface area contributed by atoms with Crippen molar-refractivity contribution in [2.45, 2.75) is 13.3 Å². The summed E-state index contributed by atoms with van der Waals surface area (Å²) in [6, 6.07) is 21.3. The van der Waals surface area contributed by atoms with Crippen molar-refractivity contribution >= 4 is 11.6 Å². The molecule has 0 saturated carbocycles. The van der Waals surface area contributed by atoms with Gasteiger partial charge in [0.2, 0.25) is 5.91 Å². The number of hydrogen-bond acceptors (Lipinski definition) is 4. The third-order valence-electron chi connectivity index (χ3n) is 4.75. The van der Waals surface area contributed by atoms with E-state index in [1.54, 1.807) is 12.4 Å². The zero-order valence-electron chi connectivity index (χ0n) is 14.8. The molecule has 0 radical (unpaired) electrons. The Morgan fingerprint density at radius 2 is 1.82 bits per heavy atom. The van der Waals surface area contributed by atoms with Crippen LogP contribution in [0.5, 0.6) is 11.5 Å². The molecule has 1 saturated heterocycles. The Hall–Kier alpha value is -3.18. The molecule has 2 unspecified atom stereocenters. The highest BCUT2D eigenvalue weighted by atomic mass is 16.5. The maximum absolute atomic E-state index is 12.9. The van der Waals surface area contributed by atoms with E-state index in [0.29, 0.717) is 18.0 Å². The summed E-state index contributed by atoms with van der Waals surface area (Å²) in [6.45, 7) is 1.49. The summed E-state index contributed by atoms with van der Waals surface area (Å²) in [5.41, 5.74) is 1.91. The molecule has 5 heteroatoms. The quantitative estimate of drug-likeness (QED) is 0.691. The topological polar surface area (TPSA) is 63.2 Å². The highest BCUT2D eigenvalue weighted by Gasteiger charge is 2.33. The Balaban J connectivity index is 0.00000225. The highest BCUT2D eigenvalue weighted by Crippen LogP contribution is 2.30. The number of ether oxygens (including phenoxy) is 1. The molecule has 1 fully saturated rings. The van der Waals surface area contributed by atoms with Gasteiger partial charge in [0.1, 0.15) is 11.5 Å². The van der Waals surface area contributed by atoms with E-state index < -0.39 is 0 Å². The van der Waals surface area contributed by atoms with Crippen molar-refractivity contribution in [1.82, 2.24) is 10.3 Å². The minimum atomic E-state index is -0.102. The molecule has 2 N–H and O–H groups in total. The number of aromatic nitrogens is 1. The van der Waals surface area contributed by atoms with Crippen molar-refractivity contribution < 1.29 is 9.53 Å². The van der Waals surface area contributed by atoms with Crippen molar-refractivity contribution in [3.05, 3.63) is 84.7 Å². The third-order valence-corrected chi connectivity index (χ3v) is 4.75. The Kier molecular flexibility index (Phi) is 6.40. The fraction of sp³-hybridized carbons (Fsp3) is 0.217. The third kappa shape index (κ3) is 4.56. The molecule has 1 aliphatic heterocycles. The van der Waals surface area contributed by atoms with Crippen LogP contribution in [0.15, 0.2) is 79.1 Å². The standard InChI is InChI=1S/C22H21N3O2.CH4/c26-22(21-15-24-14-20(21)16-6-2-1-3-7-16)25-17-8-4-9-18(12-17)27-19-10-5-11-23-13-19;/h1-13,20-21,24H,14-15H2,(H,25,26);1H4. The smallest absolute Gasteiger partial charge is 0.229 e. The molecule has 0 aliphatic carbocycles. The summed E-state index contributed by atoms with van der Waals surface area (Å²) < 4.78 is 5.79. The van der Waals surface area contributed by atoms with Gasteiger partial charge >= 0.3 is 0 Å². The van der Waals surface area contributed by atoms with E-state index in [1.807, 2.05) is 54.6 Å². The lowest BCUT2D eigenvalue weighted by atomic mass is 9.88. The fourth-order valence-corrected chi connectivity index (χ4v) is 3.42. The van der Waals surface area contributed by atoms with Gasteiger partial charge in [0.05, 0.1) is 12.1 Å².